The Morgan fingerprint density at radius 2 is 2.45 bits per heavy atom. The van der Waals surface area contributed by atoms with E-state index in [1.54, 1.807) is 4.52 Å². The van der Waals surface area contributed by atoms with E-state index in [-0.39, 0.29) is 17.9 Å². The highest BCUT2D eigenvalue weighted by Gasteiger charge is 2.34. The lowest BCUT2D eigenvalue weighted by molar-refractivity contribution is -0.125. The Hall–Kier alpha value is -1.51. The second-order valence-electron chi connectivity index (χ2n) is 5.20. The highest BCUT2D eigenvalue weighted by molar-refractivity contribution is 7.16. The molecule has 8 heteroatoms. The summed E-state index contributed by atoms with van der Waals surface area (Å²) in [6.45, 7) is 2.30. The van der Waals surface area contributed by atoms with Gasteiger partial charge in [0.15, 0.2) is 0 Å². The summed E-state index contributed by atoms with van der Waals surface area (Å²) in [6.07, 6.45) is 2.21. The lowest BCUT2D eigenvalue weighted by Gasteiger charge is -2.09. The summed E-state index contributed by atoms with van der Waals surface area (Å²) in [5, 5.41) is 17.6. The summed E-state index contributed by atoms with van der Waals surface area (Å²) in [5.41, 5.74) is 6.49. The predicted molar refractivity (Wildman–Crippen MR) is 74.2 cm³/mol. The monoisotopic (exact) mass is 295 g/mol. The number of nitrogens with two attached hydrogens (primary N) is 1. The SMILES string of the molecule is Cc1nn2cc(CNC(=O)[C@H]3C[C@@H](N)[C@H](O)C3)nc2s1. The summed E-state index contributed by atoms with van der Waals surface area (Å²) >= 11 is 1.51. The van der Waals surface area contributed by atoms with Crippen LogP contribution in [0.2, 0.25) is 0 Å². The van der Waals surface area contributed by atoms with Crippen molar-refractivity contribution in [3.05, 3.63) is 16.9 Å². The second-order valence-corrected chi connectivity index (χ2v) is 6.36. The van der Waals surface area contributed by atoms with E-state index in [2.05, 4.69) is 15.4 Å². The maximum Gasteiger partial charge on any atom is 0.223 e. The van der Waals surface area contributed by atoms with Crippen LogP contribution in [-0.2, 0) is 11.3 Å². The van der Waals surface area contributed by atoms with E-state index < -0.39 is 6.10 Å². The molecule has 2 aromatic rings. The number of nitrogens with zero attached hydrogens (tertiary/aromatic N) is 3. The normalized spacial score (nSPS) is 26.2. The van der Waals surface area contributed by atoms with E-state index in [0.29, 0.717) is 19.4 Å². The van der Waals surface area contributed by atoms with Gasteiger partial charge in [-0.1, -0.05) is 11.3 Å². The van der Waals surface area contributed by atoms with Crippen LogP contribution in [0, 0.1) is 12.8 Å². The number of nitrogens with one attached hydrogen (secondary N) is 1. The molecule has 20 heavy (non-hydrogen) atoms. The van der Waals surface area contributed by atoms with Gasteiger partial charge in [-0.3, -0.25) is 4.79 Å². The van der Waals surface area contributed by atoms with Gasteiger partial charge in [0.25, 0.3) is 0 Å². The van der Waals surface area contributed by atoms with Crippen molar-refractivity contribution in [3.8, 4) is 0 Å². The van der Waals surface area contributed by atoms with E-state index in [9.17, 15) is 9.90 Å². The quantitative estimate of drug-likeness (QED) is 0.728. The van der Waals surface area contributed by atoms with Crippen LogP contribution in [0.5, 0.6) is 0 Å². The highest BCUT2D eigenvalue weighted by Crippen LogP contribution is 2.24. The van der Waals surface area contributed by atoms with Gasteiger partial charge in [0.05, 0.1) is 24.5 Å². The first-order chi connectivity index (χ1) is 9.52. The molecular formula is C12H17N5O2S. The van der Waals surface area contributed by atoms with E-state index >= 15 is 0 Å². The van der Waals surface area contributed by atoms with Crippen molar-refractivity contribution in [1.29, 1.82) is 0 Å². The fourth-order valence-electron chi connectivity index (χ4n) is 2.51. The average molecular weight is 295 g/mol. The molecule has 0 radical (unpaired) electrons. The zero-order valence-electron chi connectivity index (χ0n) is 11.1. The van der Waals surface area contributed by atoms with Crippen LogP contribution in [0.15, 0.2) is 6.20 Å². The Balaban J connectivity index is 1.58. The van der Waals surface area contributed by atoms with Crippen LogP contribution in [0.25, 0.3) is 4.96 Å². The van der Waals surface area contributed by atoms with Crippen molar-refractivity contribution in [1.82, 2.24) is 19.9 Å². The number of hydrogen-bond acceptors (Lipinski definition) is 6. The first kappa shape index (κ1) is 13.5. The summed E-state index contributed by atoms with van der Waals surface area (Å²) in [4.78, 5) is 17.2. The molecule has 0 aromatic carbocycles. The van der Waals surface area contributed by atoms with Crippen molar-refractivity contribution in [2.45, 2.75) is 38.5 Å². The number of amides is 1. The maximum absolute atomic E-state index is 12.0. The summed E-state index contributed by atoms with van der Waals surface area (Å²) in [7, 11) is 0. The number of aliphatic hydroxyl groups is 1. The van der Waals surface area contributed by atoms with Gasteiger partial charge in [0.2, 0.25) is 10.9 Å². The number of aromatic nitrogens is 3. The third kappa shape index (κ3) is 2.54. The molecule has 0 saturated heterocycles. The molecule has 0 aliphatic heterocycles. The number of hydrogen-bond donors (Lipinski definition) is 3. The molecule has 3 atom stereocenters. The van der Waals surface area contributed by atoms with Gasteiger partial charge in [0.1, 0.15) is 5.01 Å². The van der Waals surface area contributed by atoms with Gasteiger partial charge < -0.3 is 16.2 Å². The Morgan fingerprint density at radius 1 is 1.65 bits per heavy atom. The molecule has 2 aromatic heterocycles. The minimum absolute atomic E-state index is 0.0718. The number of aryl methyl sites for hydroxylation is 1. The molecule has 0 unspecified atom stereocenters. The van der Waals surface area contributed by atoms with Crippen molar-refractivity contribution >= 4 is 22.2 Å². The Kier molecular flexibility index (Phi) is 3.45. The summed E-state index contributed by atoms with van der Waals surface area (Å²) in [5.74, 6) is -0.276. The van der Waals surface area contributed by atoms with Crippen LogP contribution in [0.1, 0.15) is 23.5 Å². The molecule has 7 nitrogen and oxygen atoms in total. The van der Waals surface area contributed by atoms with Crippen molar-refractivity contribution in [2.75, 3.05) is 0 Å². The third-order valence-electron chi connectivity index (χ3n) is 3.59. The lowest BCUT2D eigenvalue weighted by Crippen LogP contribution is -2.30. The van der Waals surface area contributed by atoms with Crippen molar-refractivity contribution in [2.24, 2.45) is 11.7 Å². The number of aliphatic hydroxyl groups excluding tert-OH is 1. The number of carbonyl (C=O) groups excluding carboxylic acids is 1. The van der Waals surface area contributed by atoms with Crippen LogP contribution in [0.3, 0.4) is 0 Å². The number of carbonyl (C=O) groups is 1. The highest BCUT2D eigenvalue weighted by atomic mass is 32.1. The van der Waals surface area contributed by atoms with Gasteiger partial charge >= 0.3 is 0 Å². The molecule has 1 aliphatic rings. The summed E-state index contributed by atoms with van der Waals surface area (Å²) in [6, 6.07) is -0.295. The van der Waals surface area contributed by atoms with Gasteiger partial charge in [-0.2, -0.15) is 5.10 Å². The summed E-state index contributed by atoms with van der Waals surface area (Å²) < 4.78 is 1.72. The van der Waals surface area contributed by atoms with E-state index in [1.165, 1.54) is 11.3 Å². The van der Waals surface area contributed by atoms with E-state index in [0.717, 1.165) is 15.7 Å². The van der Waals surface area contributed by atoms with Crippen LogP contribution < -0.4 is 11.1 Å². The fraction of sp³-hybridized carbons (Fsp3) is 0.583. The second kappa shape index (κ2) is 5.12. The van der Waals surface area contributed by atoms with Gasteiger partial charge in [0, 0.05) is 12.0 Å². The average Bonchev–Trinajstić information content (AvgIpc) is 3.00. The lowest BCUT2D eigenvalue weighted by atomic mass is 10.1. The number of rotatable bonds is 3. The molecule has 1 amide bonds. The Morgan fingerprint density at radius 3 is 3.10 bits per heavy atom. The third-order valence-corrected chi connectivity index (χ3v) is 4.42. The predicted octanol–water partition coefficient (Wildman–Crippen LogP) is -0.186. The first-order valence-electron chi connectivity index (χ1n) is 6.56. The maximum atomic E-state index is 12.0. The van der Waals surface area contributed by atoms with Crippen LogP contribution in [0.4, 0.5) is 0 Å². The molecule has 108 valence electrons. The minimum atomic E-state index is -0.573. The largest absolute Gasteiger partial charge is 0.391 e. The van der Waals surface area contributed by atoms with E-state index in [4.69, 9.17) is 5.73 Å². The smallest absolute Gasteiger partial charge is 0.223 e. The zero-order valence-corrected chi connectivity index (χ0v) is 11.9. The molecule has 3 rings (SSSR count). The molecule has 0 spiro atoms. The molecule has 1 aliphatic carbocycles. The van der Waals surface area contributed by atoms with Crippen molar-refractivity contribution in [3.63, 3.8) is 0 Å². The fourth-order valence-corrected chi connectivity index (χ4v) is 3.26. The standard InChI is InChI=1S/C12H17N5O2S/c1-6-16-17-5-8(15-12(17)20-6)4-14-11(19)7-2-9(13)10(18)3-7/h5,7,9-10,18H,2-4,13H2,1H3,(H,14,19)/t7-,9+,10+/m0/s1. The van der Waals surface area contributed by atoms with Crippen LogP contribution >= 0.6 is 11.3 Å². The van der Waals surface area contributed by atoms with Gasteiger partial charge in [-0.05, 0) is 19.8 Å². The molecule has 1 fully saturated rings. The number of imidazole rings is 1. The zero-order chi connectivity index (χ0) is 14.3. The topological polar surface area (TPSA) is 106 Å². The minimum Gasteiger partial charge on any atom is -0.391 e. The molecule has 0 bridgehead atoms. The molecular weight excluding hydrogens is 278 g/mol. The first-order valence-corrected chi connectivity index (χ1v) is 7.37. The Labute approximate surface area is 119 Å². The van der Waals surface area contributed by atoms with E-state index in [1.807, 2.05) is 13.1 Å². The Bertz CT molecular complexity index is 595. The van der Waals surface area contributed by atoms with Gasteiger partial charge in [-0.25, -0.2) is 9.50 Å². The molecule has 1 saturated carbocycles. The van der Waals surface area contributed by atoms with Gasteiger partial charge in [-0.15, -0.1) is 0 Å². The number of fused-ring (bicyclic) bond motifs is 1. The van der Waals surface area contributed by atoms with Crippen molar-refractivity contribution < 1.29 is 9.90 Å². The molecule has 4 N–H and O–H groups in total. The molecule has 2 heterocycles. The van der Waals surface area contributed by atoms with Crippen LogP contribution in [-0.4, -0.2) is 37.8 Å².